The summed E-state index contributed by atoms with van der Waals surface area (Å²) in [5.74, 6) is 0. The van der Waals surface area contributed by atoms with Crippen molar-refractivity contribution in [2.24, 2.45) is 0 Å². The molecule has 0 saturated heterocycles. The van der Waals surface area contributed by atoms with E-state index in [4.69, 9.17) is 0 Å². The molecule has 0 aromatic rings. The molecule has 0 heterocycles. The molecule has 0 spiro atoms. The van der Waals surface area contributed by atoms with Gasteiger partial charge in [0.05, 0.1) is 5.60 Å². The Balaban J connectivity index is 3.65. The van der Waals surface area contributed by atoms with E-state index in [1.54, 1.807) is 0 Å². The van der Waals surface area contributed by atoms with Gasteiger partial charge in [0, 0.05) is 0 Å². The third-order valence-corrected chi connectivity index (χ3v) is 1.54. The molecule has 0 aromatic heterocycles. The van der Waals surface area contributed by atoms with E-state index in [1.807, 2.05) is 26.8 Å². The van der Waals surface area contributed by atoms with Gasteiger partial charge in [0.1, 0.15) is 0 Å². The molecule has 0 aliphatic carbocycles. The summed E-state index contributed by atoms with van der Waals surface area (Å²) in [5.41, 5.74) is 0.632. The summed E-state index contributed by atoms with van der Waals surface area (Å²) >= 11 is 0. The number of rotatable bonds is 4. The van der Waals surface area contributed by atoms with Gasteiger partial charge in [0.15, 0.2) is 0 Å². The average Bonchev–Trinajstić information content (AvgIpc) is 1.85. The van der Waals surface area contributed by atoms with Gasteiger partial charge in [0.2, 0.25) is 0 Å². The van der Waals surface area contributed by atoms with Crippen molar-refractivity contribution in [1.29, 1.82) is 0 Å². The lowest BCUT2D eigenvalue weighted by Gasteiger charge is -2.14. The monoisotopic (exact) mass is 154 g/mol. The second kappa shape index (κ2) is 4.35. The lowest BCUT2D eigenvalue weighted by Crippen LogP contribution is -2.17. The van der Waals surface area contributed by atoms with Crippen LogP contribution in [0.1, 0.15) is 33.6 Å². The number of hydrogen-bond donors (Lipinski definition) is 1. The van der Waals surface area contributed by atoms with Crippen LogP contribution in [0.5, 0.6) is 0 Å². The predicted molar refractivity (Wildman–Crippen MR) is 49.5 cm³/mol. The van der Waals surface area contributed by atoms with Gasteiger partial charge in [0.25, 0.3) is 0 Å². The fourth-order valence-electron chi connectivity index (χ4n) is 0.736. The van der Waals surface area contributed by atoms with Crippen LogP contribution >= 0.6 is 0 Å². The molecule has 0 rings (SSSR count). The molecular weight excluding hydrogens is 136 g/mol. The van der Waals surface area contributed by atoms with Gasteiger partial charge < -0.3 is 5.11 Å². The summed E-state index contributed by atoms with van der Waals surface area (Å²) in [6, 6.07) is 0. The van der Waals surface area contributed by atoms with Gasteiger partial charge in [-0.15, -0.1) is 0 Å². The molecule has 0 unspecified atom stereocenters. The highest BCUT2D eigenvalue weighted by molar-refractivity contribution is 5.12. The number of allylic oxidation sites excluding steroid dienone is 3. The van der Waals surface area contributed by atoms with Gasteiger partial charge in [-0.3, -0.25) is 0 Å². The van der Waals surface area contributed by atoms with Crippen LogP contribution in [0.3, 0.4) is 0 Å². The highest BCUT2D eigenvalue weighted by Crippen LogP contribution is 2.11. The molecule has 1 heteroatoms. The van der Waals surface area contributed by atoms with E-state index < -0.39 is 5.60 Å². The van der Waals surface area contributed by atoms with E-state index in [9.17, 15) is 5.11 Å². The van der Waals surface area contributed by atoms with Crippen LogP contribution in [0.2, 0.25) is 0 Å². The topological polar surface area (TPSA) is 20.2 Å². The van der Waals surface area contributed by atoms with Crippen LogP contribution in [0.4, 0.5) is 0 Å². The van der Waals surface area contributed by atoms with Crippen LogP contribution in [0.25, 0.3) is 0 Å². The van der Waals surface area contributed by atoms with Crippen LogP contribution in [-0.2, 0) is 0 Å². The van der Waals surface area contributed by atoms with E-state index in [-0.39, 0.29) is 0 Å². The quantitative estimate of drug-likeness (QED) is 0.617. The van der Waals surface area contributed by atoms with Gasteiger partial charge in [-0.25, -0.2) is 0 Å². The van der Waals surface area contributed by atoms with E-state index in [0.717, 1.165) is 12.8 Å². The van der Waals surface area contributed by atoms with Gasteiger partial charge in [-0.2, -0.15) is 0 Å². The van der Waals surface area contributed by atoms with Crippen molar-refractivity contribution in [1.82, 2.24) is 0 Å². The lowest BCUT2D eigenvalue weighted by molar-refractivity contribution is 0.0721. The van der Waals surface area contributed by atoms with Crippen molar-refractivity contribution >= 4 is 0 Å². The Labute approximate surface area is 69.4 Å². The summed E-state index contributed by atoms with van der Waals surface area (Å²) in [4.78, 5) is 0. The first kappa shape index (κ1) is 10.4. The molecule has 0 aromatic carbocycles. The molecule has 0 aliphatic heterocycles. The fraction of sp³-hybridized carbons (Fsp3) is 0.600. The van der Waals surface area contributed by atoms with E-state index >= 15 is 0 Å². The summed E-state index contributed by atoms with van der Waals surface area (Å²) in [5, 5.41) is 9.35. The Morgan fingerprint density at radius 2 is 2.09 bits per heavy atom. The molecular formula is C10H18O. The van der Waals surface area contributed by atoms with Crippen LogP contribution in [0.15, 0.2) is 24.3 Å². The zero-order valence-corrected chi connectivity index (χ0v) is 7.72. The zero-order valence-electron chi connectivity index (χ0n) is 7.72. The number of hydrogen-bond acceptors (Lipinski definition) is 1. The zero-order chi connectivity index (χ0) is 8.91. The minimum absolute atomic E-state index is 0.544. The summed E-state index contributed by atoms with van der Waals surface area (Å²) in [6.07, 6.45) is 5.63. The summed E-state index contributed by atoms with van der Waals surface area (Å²) in [7, 11) is 0. The Hall–Kier alpha value is -0.560. The van der Waals surface area contributed by atoms with Crippen molar-refractivity contribution in [3.8, 4) is 0 Å². The maximum atomic E-state index is 9.35. The fourth-order valence-corrected chi connectivity index (χ4v) is 0.736. The van der Waals surface area contributed by atoms with Gasteiger partial charge in [-0.1, -0.05) is 24.3 Å². The minimum Gasteiger partial charge on any atom is -0.390 e. The van der Waals surface area contributed by atoms with Crippen LogP contribution in [0, 0.1) is 0 Å². The first-order valence-corrected chi connectivity index (χ1v) is 3.97. The molecule has 0 saturated carbocycles. The average molecular weight is 154 g/mol. The molecule has 11 heavy (non-hydrogen) atoms. The highest BCUT2D eigenvalue weighted by Gasteiger charge is 2.09. The standard InChI is InChI=1S/C10H18O/c1-5-9(2)7-6-8-10(3,4)11/h5,7,11H,1,6,8H2,2-4H3. The maximum absolute atomic E-state index is 9.35. The Kier molecular flexibility index (Phi) is 4.12. The van der Waals surface area contributed by atoms with Gasteiger partial charge >= 0.3 is 0 Å². The molecule has 0 radical (unpaired) electrons. The van der Waals surface area contributed by atoms with E-state index in [1.165, 1.54) is 5.57 Å². The summed E-state index contributed by atoms with van der Waals surface area (Å²) in [6.45, 7) is 9.30. The molecule has 0 atom stereocenters. The number of aliphatic hydroxyl groups is 1. The second-order valence-corrected chi connectivity index (χ2v) is 3.50. The van der Waals surface area contributed by atoms with Crippen molar-refractivity contribution in [3.05, 3.63) is 24.3 Å². The van der Waals surface area contributed by atoms with Crippen molar-refractivity contribution in [3.63, 3.8) is 0 Å². The molecule has 0 aliphatic rings. The second-order valence-electron chi connectivity index (χ2n) is 3.50. The molecule has 0 bridgehead atoms. The van der Waals surface area contributed by atoms with Crippen molar-refractivity contribution in [2.45, 2.75) is 39.2 Å². The molecule has 64 valence electrons. The Morgan fingerprint density at radius 3 is 2.45 bits per heavy atom. The molecule has 1 nitrogen and oxygen atoms in total. The molecule has 0 fully saturated rings. The van der Waals surface area contributed by atoms with Crippen molar-refractivity contribution in [2.75, 3.05) is 0 Å². The Bertz CT molecular complexity index is 149. The first-order valence-electron chi connectivity index (χ1n) is 3.97. The largest absolute Gasteiger partial charge is 0.390 e. The van der Waals surface area contributed by atoms with Crippen LogP contribution < -0.4 is 0 Å². The molecule has 1 N–H and O–H groups in total. The van der Waals surface area contributed by atoms with Gasteiger partial charge in [-0.05, 0) is 33.6 Å². The van der Waals surface area contributed by atoms with Crippen molar-refractivity contribution < 1.29 is 5.11 Å². The maximum Gasteiger partial charge on any atom is 0.0594 e. The highest BCUT2D eigenvalue weighted by atomic mass is 16.3. The SMILES string of the molecule is C=CC(C)=CCCC(C)(C)O. The first-order chi connectivity index (χ1) is 4.95. The minimum atomic E-state index is -0.544. The Morgan fingerprint density at radius 1 is 1.55 bits per heavy atom. The normalized spacial score (nSPS) is 13.3. The van der Waals surface area contributed by atoms with E-state index in [0.29, 0.717) is 0 Å². The van der Waals surface area contributed by atoms with E-state index in [2.05, 4.69) is 12.7 Å². The third-order valence-electron chi connectivity index (χ3n) is 1.54. The molecule has 0 amide bonds. The predicted octanol–water partition coefficient (Wildman–Crippen LogP) is 2.67. The lowest BCUT2D eigenvalue weighted by atomic mass is 10.0. The third kappa shape index (κ3) is 7.34. The summed E-state index contributed by atoms with van der Waals surface area (Å²) < 4.78 is 0. The van der Waals surface area contributed by atoms with Crippen LogP contribution in [-0.4, -0.2) is 10.7 Å². The smallest absolute Gasteiger partial charge is 0.0594 e.